The summed E-state index contributed by atoms with van der Waals surface area (Å²) in [4.78, 5) is 17.8. The summed E-state index contributed by atoms with van der Waals surface area (Å²) in [5.41, 5.74) is 12.7. The molecule has 5 aromatic rings. The number of nitrogens with two attached hydrogens (primary N) is 1. The summed E-state index contributed by atoms with van der Waals surface area (Å²) < 4.78 is 1.86. The second-order valence-electron chi connectivity index (χ2n) is 9.65. The Morgan fingerprint density at radius 1 is 0.943 bits per heavy atom. The molecule has 4 aromatic heterocycles. The molecule has 3 N–H and O–H groups in total. The smallest absolute Gasteiger partial charge is 0.139 e. The van der Waals surface area contributed by atoms with Gasteiger partial charge >= 0.3 is 0 Å². The van der Waals surface area contributed by atoms with Crippen LogP contribution >= 0.6 is 0 Å². The van der Waals surface area contributed by atoms with Crippen LogP contribution in [0.2, 0.25) is 0 Å². The SMILES string of the molecule is Cc1ccc2c(N)nc(-c3cc(C(C)(C)C)nn3C)cc2c1Nc1ncccc1-c1ccncn1. The van der Waals surface area contributed by atoms with E-state index in [1.54, 1.807) is 12.4 Å². The number of nitrogen functional groups attached to an aromatic ring is 1. The van der Waals surface area contributed by atoms with Crippen molar-refractivity contribution in [3.8, 4) is 22.6 Å². The number of nitrogens with zero attached hydrogens (tertiary/aromatic N) is 6. The van der Waals surface area contributed by atoms with Crippen molar-refractivity contribution in [2.75, 3.05) is 11.1 Å². The van der Waals surface area contributed by atoms with E-state index in [0.717, 1.165) is 50.4 Å². The number of aryl methyl sites for hydroxylation is 2. The van der Waals surface area contributed by atoms with Crippen LogP contribution in [0.4, 0.5) is 17.3 Å². The van der Waals surface area contributed by atoms with Crippen LogP contribution < -0.4 is 11.1 Å². The Morgan fingerprint density at radius 2 is 1.77 bits per heavy atom. The van der Waals surface area contributed by atoms with Crippen molar-refractivity contribution >= 4 is 28.1 Å². The van der Waals surface area contributed by atoms with Crippen LogP contribution in [0, 0.1) is 6.92 Å². The van der Waals surface area contributed by atoms with Crippen molar-refractivity contribution in [2.24, 2.45) is 7.05 Å². The lowest BCUT2D eigenvalue weighted by atomic mass is 9.92. The molecular formula is C27H28N8. The van der Waals surface area contributed by atoms with E-state index < -0.39 is 0 Å². The van der Waals surface area contributed by atoms with Crippen LogP contribution in [0.5, 0.6) is 0 Å². The van der Waals surface area contributed by atoms with Gasteiger partial charge in [0.25, 0.3) is 0 Å². The highest BCUT2D eigenvalue weighted by atomic mass is 15.3. The van der Waals surface area contributed by atoms with Gasteiger partial charge in [-0.05, 0) is 42.8 Å². The third-order valence-electron chi connectivity index (χ3n) is 6.07. The number of hydrogen-bond donors (Lipinski definition) is 2. The summed E-state index contributed by atoms with van der Waals surface area (Å²) in [7, 11) is 1.93. The Labute approximate surface area is 204 Å². The number of rotatable bonds is 4. The highest BCUT2D eigenvalue weighted by molar-refractivity contribution is 6.03. The molecule has 4 heterocycles. The van der Waals surface area contributed by atoms with Crippen molar-refractivity contribution in [3.63, 3.8) is 0 Å². The van der Waals surface area contributed by atoms with Crippen LogP contribution in [0.1, 0.15) is 32.0 Å². The van der Waals surface area contributed by atoms with Crippen LogP contribution in [0.15, 0.2) is 61.2 Å². The highest BCUT2D eigenvalue weighted by Crippen LogP contribution is 2.37. The molecule has 0 unspecified atom stereocenters. The molecule has 0 saturated heterocycles. The number of hydrogen-bond acceptors (Lipinski definition) is 7. The van der Waals surface area contributed by atoms with Gasteiger partial charge in [0, 0.05) is 41.2 Å². The lowest BCUT2D eigenvalue weighted by Crippen LogP contribution is -2.12. The van der Waals surface area contributed by atoms with Crippen molar-refractivity contribution in [3.05, 3.63) is 72.4 Å². The predicted molar refractivity (Wildman–Crippen MR) is 140 cm³/mol. The number of benzene rings is 1. The monoisotopic (exact) mass is 464 g/mol. The third kappa shape index (κ3) is 4.19. The molecule has 0 aliphatic carbocycles. The summed E-state index contributed by atoms with van der Waals surface area (Å²) in [6, 6.07) is 14.0. The van der Waals surface area contributed by atoms with Crippen LogP contribution in [-0.2, 0) is 12.5 Å². The van der Waals surface area contributed by atoms with Gasteiger partial charge in [0.15, 0.2) is 0 Å². The largest absolute Gasteiger partial charge is 0.383 e. The molecule has 0 atom stereocenters. The van der Waals surface area contributed by atoms with Crippen LogP contribution in [0.3, 0.4) is 0 Å². The first-order valence-electron chi connectivity index (χ1n) is 11.5. The van der Waals surface area contributed by atoms with Crippen molar-refractivity contribution in [2.45, 2.75) is 33.1 Å². The quantitative estimate of drug-likeness (QED) is 0.366. The van der Waals surface area contributed by atoms with Crippen LogP contribution in [-0.4, -0.2) is 29.7 Å². The Hall–Kier alpha value is -4.33. The van der Waals surface area contributed by atoms with Gasteiger partial charge < -0.3 is 11.1 Å². The molecule has 0 spiro atoms. The number of anilines is 3. The Bertz CT molecular complexity index is 1530. The zero-order chi connectivity index (χ0) is 24.7. The first-order valence-corrected chi connectivity index (χ1v) is 11.5. The average Bonchev–Trinajstić information content (AvgIpc) is 3.24. The van der Waals surface area contributed by atoms with Gasteiger partial charge in [-0.2, -0.15) is 5.10 Å². The molecule has 0 bridgehead atoms. The molecule has 35 heavy (non-hydrogen) atoms. The number of nitrogens with one attached hydrogen (secondary N) is 1. The minimum atomic E-state index is -0.0713. The summed E-state index contributed by atoms with van der Waals surface area (Å²) in [5.74, 6) is 1.17. The van der Waals surface area contributed by atoms with Gasteiger partial charge in [0.05, 0.1) is 28.5 Å². The van der Waals surface area contributed by atoms with E-state index in [0.29, 0.717) is 11.6 Å². The Balaban J connectivity index is 1.67. The molecule has 0 amide bonds. The van der Waals surface area contributed by atoms with Gasteiger partial charge in [0.2, 0.25) is 0 Å². The third-order valence-corrected chi connectivity index (χ3v) is 6.07. The van der Waals surface area contributed by atoms with Crippen molar-refractivity contribution in [1.29, 1.82) is 0 Å². The molecule has 0 saturated carbocycles. The van der Waals surface area contributed by atoms with Gasteiger partial charge in [-0.15, -0.1) is 0 Å². The number of aromatic nitrogens is 6. The standard InChI is InChI=1S/C27H28N8/c1-16-8-9-17-19(13-21(32-25(17)28)22-14-23(27(2,3)4)34-35(22)5)24(16)33-26-18(7-6-11-30-26)20-10-12-29-15-31-20/h6-15H,1-5H3,(H2,28,32)(H,30,33). The summed E-state index contributed by atoms with van der Waals surface area (Å²) >= 11 is 0. The Morgan fingerprint density at radius 3 is 2.49 bits per heavy atom. The first-order chi connectivity index (χ1) is 16.7. The van der Waals surface area contributed by atoms with E-state index in [1.165, 1.54) is 6.33 Å². The van der Waals surface area contributed by atoms with Gasteiger partial charge in [-0.1, -0.05) is 32.9 Å². The number of pyridine rings is 2. The molecule has 0 aliphatic rings. The second kappa shape index (κ2) is 8.47. The van der Waals surface area contributed by atoms with Crippen LogP contribution in [0.25, 0.3) is 33.4 Å². The molecular weight excluding hydrogens is 436 g/mol. The maximum absolute atomic E-state index is 6.47. The summed E-state index contributed by atoms with van der Waals surface area (Å²) in [6.45, 7) is 8.51. The van der Waals surface area contributed by atoms with E-state index >= 15 is 0 Å². The zero-order valence-corrected chi connectivity index (χ0v) is 20.5. The van der Waals surface area contributed by atoms with E-state index in [1.807, 2.05) is 42.1 Å². The predicted octanol–water partition coefficient (Wildman–Crippen LogP) is 5.42. The minimum absolute atomic E-state index is 0.0713. The van der Waals surface area contributed by atoms with Crippen molar-refractivity contribution < 1.29 is 0 Å². The molecule has 0 fully saturated rings. The van der Waals surface area contributed by atoms with E-state index in [4.69, 9.17) is 15.8 Å². The van der Waals surface area contributed by atoms with E-state index in [9.17, 15) is 0 Å². The van der Waals surface area contributed by atoms with Gasteiger partial charge in [-0.25, -0.2) is 19.9 Å². The molecule has 0 aliphatic heterocycles. The first kappa shape index (κ1) is 22.5. The minimum Gasteiger partial charge on any atom is -0.383 e. The lowest BCUT2D eigenvalue weighted by Gasteiger charge is -2.16. The average molecular weight is 465 g/mol. The molecule has 1 aromatic carbocycles. The summed E-state index contributed by atoms with van der Waals surface area (Å²) in [6.07, 6.45) is 5.02. The van der Waals surface area contributed by atoms with E-state index in [-0.39, 0.29) is 5.41 Å². The molecule has 176 valence electrons. The van der Waals surface area contributed by atoms with Gasteiger partial charge in [-0.3, -0.25) is 4.68 Å². The maximum atomic E-state index is 6.47. The summed E-state index contributed by atoms with van der Waals surface area (Å²) in [5, 5.41) is 10.1. The lowest BCUT2D eigenvalue weighted by molar-refractivity contribution is 0.553. The normalized spacial score (nSPS) is 11.7. The Kier molecular flexibility index (Phi) is 5.43. The molecule has 0 radical (unpaired) electrons. The second-order valence-corrected chi connectivity index (χ2v) is 9.65. The highest BCUT2D eigenvalue weighted by Gasteiger charge is 2.21. The molecule has 5 rings (SSSR count). The topological polar surface area (TPSA) is 107 Å². The number of fused-ring (bicyclic) bond motifs is 1. The molecule has 8 nitrogen and oxygen atoms in total. The fraction of sp³-hybridized carbons (Fsp3) is 0.222. The fourth-order valence-electron chi connectivity index (χ4n) is 4.11. The van der Waals surface area contributed by atoms with Gasteiger partial charge in [0.1, 0.15) is 18.0 Å². The van der Waals surface area contributed by atoms with E-state index in [2.05, 4.69) is 60.1 Å². The fourth-order valence-corrected chi connectivity index (χ4v) is 4.11. The van der Waals surface area contributed by atoms with Crippen molar-refractivity contribution in [1.82, 2.24) is 29.7 Å². The molecule has 8 heteroatoms. The zero-order valence-electron chi connectivity index (χ0n) is 20.5. The maximum Gasteiger partial charge on any atom is 0.139 e.